The molecule has 0 fully saturated rings. The van der Waals surface area contributed by atoms with Crippen molar-refractivity contribution in [3.63, 3.8) is 0 Å². The highest BCUT2D eigenvalue weighted by molar-refractivity contribution is 5.83. The zero-order valence-corrected chi connectivity index (χ0v) is 11.4. The number of carbonyl (C=O) groups excluding carboxylic acids is 1. The summed E-state index contributed by atoms with van der Waals surface area (Å²) in [5, 5.41) is 0. The first-order chi connectivity index (χ1) is 9.13. The lowest BCUT2D eigenvalue weighted by atomic mass is 10.2. The number of aromatic nitrogens is 2. The lowest BCUT2D eigenvalue weighted by molar-refractivity contribution is 0.112. The van der Waals surface area contributed by atoms with E-state index in [1.807, 2.05) is 31.7 Å². The summed E-state index contributed by atoms with van der Waals surface area (Å²) in [5.74, 6) is 0.472. The van der Waals surface area contributed by atoms with E-state index < -0.39 is 0 Å². The van der Waals surface area contributed by atoms with Crippen molar-refractivity contribution in [3.8, 4) is 0 Å². The Bertz CT molecular complexity index is 672. The van der Waals surface area contributed by atoms with E-state index in [1.165, 1.54) is 4.40 Å². The zero-order chi connectivity index (χ0) is 14.0. The van der Waals surface area contributed by atoms with Crippen LogP contribution in [0, 0.1) is 6.92 Å². The smallest absolute Gasteiger partial charge is 0.270 e. The van der Waals surface area contributed by atoms with Crippen molar-refractivity contribution >= 4 is 17.8 Å². The molecule has 0 aliphatic heterocycles. The Balaban J connectivity index is 2.87. The summed E-state index contributed by atoms with van der Waals surface area (Å²) in [6, 6.07) is 3.67. The standard InChI is InChI=1S/C14H17N3O2/c1-4-16(5-2)13-11(9-18)14(19)17-8-6-7-10(3)12(17)15-13/h6-9H,4-5H2,1-3H3. The van der Waals surface area contributed by atoms with Crippen LogP contribution in [-0.4, -0.2) is 28.8 Å². The molecule has 2 heterocycles. The molecule has 100 valence electrons. The molecule has 5 nitrogen and oxygen atoms in total. The summed E-state index contributed by atoms with van der Waals surface area (Å²) in [6.07, 6.45) is 2.23. The van der Waals surface area contributed by atoms with Gasteiger partial charge in [-0.3, -0.25) is 14.0 Å². The predicted molar refractivity (Wildman–Crippen MR) is 75.1 cm³/mol. The quantitative estimate of drug-likeness (QED) is 0.784. The second kappa shape index (κ2) is 5.22. The molecule has 5 heteroatoms. The lowest BCUT2D eigenvalue weighted by Gasteiger charge is -2.21. The number of hydrogen-bond acceptors (Lipinski definition) is 4. The summed E-state index contributed by atoms with van der Waals surface area (Å²) >= 11 is 0. The number of pyridine rings is 1. The van der Waals surface area contributed by atoms with Gasteiger partial charge in [-0.2, -0.15) is 0 Å². The molecule has 0 aliphatic carbocycles. The van der Waals surface area contributed by atoms with Gasteiger partial charge in [0.2, 0.25) is 0 Å². The molecular weight excluding hydrogens is 242 g/mol. The van der Waals surface area contributed by atoms with E-state index in [0.717, 1.165) is 5.56 Å². The number of anilines is 1. The Morgan fingerprint density at radius 1 is 1.37 bits per heavy atom. The van der Waals surface area contributed by atoms with Crippen LogP contribution < -0.4 is 10.5 Å². The molecule has 0 atom stereocenters. The molecule has 2 aromatic rings. The first-order valence-electron chi connectivity index (χ1n) is 6.36. The van der Waals surface area contributed by atoms with Crippen molar-refractivity contribution in [2.75, 3.05) is 18.0 Å². The van der Waals surface area contributed by atoms with Gasteiger partial charge in [0.25, 0.3) is 5.56 Å². The molecular formula is C14H17N3O2. The number of hydrogen-bond donors (Lipinski definition) is 0. The molecule has 0 aliphatic rings. The number of aldehydes is 1. The van der Waals surface area contributed by atoms with E-state index in [-0.39, 0.29) is 11.1 Å². The summed E-state index contributed by atoms with van der Waals surface area (Å²) < 4.78 is 1.42. The van der Waals surface area contributed by atoms with Gasteiger partial charge in [0.15, 0.2) is 6.29 Å². The number of nitrogens with zero attached hydrogens (tertiary/aromatic N) is 3. The topological polar surface area (TPSA) is 54.7 Å². The third-order valence-electron chi connectivity index (χ3n) is 3.24. The molecule has 0 radical (unpaired) electrons. The van der Waals surface area contributed by atoms with Crippen LogP contribution in [0.3, 0.4) is 0 Å². The minimum atomic E-state index is -0.314. The van der Waals surface area contributed by atoms with Gasteiger partial charge in [0, 0.05) is 19.3 Å². The van der Waals surface area contributed by atoms with E-state index >= 15 is 0 Å². The van der Waals surface area contributed by atoms with Gasteiger partial charge in [0.05, 0.1) is 0 Å². The molecule has 0 amide bonds. The number of aryl methyl sites for hydroxylation is 1. The Morgan fingerprint density at radius 2 is 2.05 bits per heavy atom. The maximum Gasteiger partial charge on any atom is 0.270 e. The monoisotopic (exact) mass is 259 g/mol. The largest absolute Gasteiger partial charge is 0.356 e. The van der Waals surface area contributed by atoms with Crippen molar-refractivity contribution in [2.45, 2.75) is 20.8 Å². The Morgan fingerprint density at radius 3 is 2.63 bits per heavy atom. The van der Waals surface area contributed by atoms with Gasteiger partial charge in [-0.15, -0.1) is 0 Å². The molecule has 19 heavy (non-hydrogen) atoms. The maximum atomic E-state index is 12.3. The van der Waals surface area contributed by atoms with E-state index in [1.54, 1.807) is 12.3 Å². The highest BCUT2D eigenvalue weighted by Crippen LogP contribution is 2.16. The first-order valence-corrected chi connectivity index (χ1v) is 6.36. The van der Waals surface area contributed by atoms with E-state index in [0.29, 0.717) is 30.8 Å². The van der Waals surface area contributed by atoms with E-state index in [4.69, 9.17) is 0 Å². The van der Waals surface area contributed by atoms with Crippen LogP contribution >= 0.6 is 0 Å². The van der Waals surface area contributed by atoms with Crippen LogP contribution in [0.4, 0.5) is 5.82 Å². The van der Waals surface area contributed by atoms with Gasteiger partial charge in [-0.25, -0.2) is 4.98 Å². The van der Waals surface area contributed by atoms with Gasteiger partial charge >= 0.3 is 0 Å². The fraction of sp³-hybridized carbons (Fsp3) is 0.357. The van der Waals surface area contributed by atoms with Crippen molar-refractivity contribution in [2.24, 2.45) is 0 Å². The third kappa shape index (κ3) is 2.12. The molecule has 2 rings (SSSR count). The van der Waals surface area contributed by atoms with Crippen molar-refractivity contribution < 1.29 is 4.79 Å². The molecule has 0 aromatic carbocycles. The van der Waals surface area contributed by atoms with Gasteiger partial charge in [-0.1, -0.05) is 6.07 Å². The summed E-state index contributed by atoms with van der Waals surface area (Å²) in [5.41, 5.74) is 1.31. The van der Waals surface area contributed by atoms with E-state index in [9.17, 15) is 9.59 Å². The van der Waals surface area contributed by atoms with Crippen LogP contribution in [0.2, 0.25) is 0 Å². The summed E-state index contributed by atoms with van der Waals surface area (Å²) in [6.45, 7) is 7.24. The highest BCUT2D eigenvalue weighted by Gasteiger charge is 2.16. The molecule has 0 bridgehead atoms. The van der Waals surface area contributed by atoms with Gasteiger partial charge in [-0.05, 0) is 32.4 Å². The highest BCUT2D eigenvalue weighted by atomic mass is 16.1. The zero-order valence-electron chi connectivity index (χ0n) is 11.4. The first kappa shape index (κ1) is 13.3. The van der Waals surface area contributed by atoms with Crippen LogP contribution in [0.15, 0.2) is 23.1 Å². The normalized spacial score (nSPS) is 10.7. The summed E-state index contributed by atoms with van der Waals surface area (Å²) in [4.78, 5) is 30.0. The minimum absolute atomic E-state index is 0.117. The molecule has 0 spiro atoms. The minimum Gasteiger partial charge on any atom is -0.356 e. The van der Waals surface area contributed by atoms with Crippen molar-refractivity contribution in [1.82, 2.24) is 9.38 Å². The van der Waals surface area contributed by atoms with Gasteiger partial charge < -0.3 is 4.90 Å². The Labute approximate surface area is 111 Å². The molecule has 0 saturated carbocycles. The number of carbonyl (C=O) groups is 1. The average Bonchev–Trinajstić information content (AvgIpc) is 2.42. The summed E-state index contributed by atoms with van der Waals surface area (Å²) in [7, 11) is 0. The molecule has 0 unspecified atom stereocenters. The molecule has 2 aromatic heterocycles. The fourth-order valence-corrected chi connectivity index (χ4v) is 2.17. The van der Waals surface area contributed by atoms with E-state index in [2.05, 4.69) is 4.98 Å². The van der Waals surface area contributed by atoms with Crippen molar-refractivity contribution in [1.29, 1.82) is 0 Å². The SMILES string of the molecule is CCN(CC)c1nc2c(C)cccn2c(=O)c1C=O. The van der Waals surface area contributed by atoms with Crippen LogP contribution in [0.25, 0.3) is 5.65 Å². The number of fused-ring (bicyclic) bond motifs is 1. The lowest BCUT2D eigenvalue weighted by Crippen LogP contribution is -2.30. The fourth-order valence-electron chi connectivity index (χ4n) is 2.17. The molecule has 0 N–H and O–H groups in total. The van der Waals surface area contributed by atoms with Gasteiger partial charge in [0.1, 0.15) is 17.0 Å². The van der Waals surface area contributed by atoms with Crippen LogP contribution in [0.1, 0.15) is 29.8 Å². The average molecular weight is 259 g/mol. The Kier molecular flexibility index (Phi) is 3.64. The van der Waals surface area contributed by atoms with Crippen LogP contribution in [-0.2, 0) is 0 Å². The Hall–Kier alpha value is -2.17. The second-order valence-electron chi connectivity index (χ2n) is 4.33. The third-order valence-corrected chi connectivity index (χ3v) is 3.24. The van der Waals surface area contributed by atoms with Crippen LogP contribution in [0.5, 0.6) is 0 Å². The molecule has 0 saturated heterocycles. The predicted octanol–water partition coefficient (Wildman–Crippen LogP) is 1.66. The maximum absolute atomic E-state index is 12.3. The number of rotatable bonds is 4. The van der Waals surface area contributed by atoms with Crippen molar-refractivity contribution in [3.05, 3.63) is 39.8 Å². The second-order valence-corrected chi connectivity index (χ2v) is 4.33.